The molecule has 0 aliphatic heterocycles. The number of rotatable bonds is 5. The number of hydrogen-bond acceptors (Lipinski definition) is 4. The Labute approximate surface area is 169 Å². The molecule has 4 rings (SSSR count). The Hall–Kier alpha value is -3.14. The van der Waals surface area contributed by atoms with Gasteiger partial charge in [0.15, 0.2) is 0 Å². The highest BCUT2D eigenvalue weighted by molar-refractivity contribution is 5.93. The lowest BCUT2D eigenvalue weighted by Crippen LogP contribution is -2.51. The van der Waals surface area contributed by atoms with Crippen molar-refractivity contribution in [2.75, 3.05) is 6.54 Å². The van der Waals surface area contributed by atoms with E-state index in [-0.39, 0.29) is 23.6 Å². The van der Waals surface area contributed by atoms with Gasteiger partial charge in [0.25, 0.3) is 5.69 Å². The first-order valence-electron chi connectivity index (χ1n) is 10.1. The molecule has 2 atom stereocenters. The molecule has 1 heterocycles. The molecule has 2 amide bonds. The third-order valence-corrected chi connectivity index (χ3v) is 6.14. The minimum Gasteiger partial charge on any atom is -0.618 e. The summed E-state index contributed by atoms with van der Waals surface area (Å²) in [4.78, 5) is 25.5. The normalized spacial score (nSPS) is 22.4. The van der Waals surface area contributed by atoms with Crippen molar-refractivity contribution in [3.8, 4) is 6.07 Å². The van der Waals surface area contributed by atoms with Gasteiger partial charge in [0, 0.05) is 30.1 Å². The summed E-state index contributed by atoms with van der Waals surface area (Å²) >= 11 is 0. The molecular formula is C22H24N4O3. The minimum absolute atomic E-state index is 0.0230. The quantitative estimate of drug-likeness (QED) is 0.600. The second-order valence-electron chi connectivity index (χ2n) is 8.15. The van der Waals surface area contributed by atoms with Crippen LogP contribution in [0.15, 0.2) is 36.4 Å². The largest absolute Gasteiger partial charge is 0.618 e. The number of fused-ring (bicyclic) bond motifs is 1. The number of carbonyl (C=O) groups is 2. The highest BCUT2D eigenvalue weighted by atomic mass is 16.5. The van der Waals surface area contributed by atoms with E-state index in [1.54, 1.807) is 18.2 Å². The monoisotopic (exact) mass is 392 g/mol. The second kappa shape index (κ2) is 7.70. The van der Waals surface area contributed by atoms with Gasteiger partial charge in [-0.05, 0) is 37.8 Å². The van der Waals surface area contributed by atoms with Crippen LogP contribution in [-0.2, 0) is 4.79 Å². The van der Waals surface area contributed by atoms with Crippen LogP contribution in [0.3, 0.4) is 0 Å². The molecule has 0 radical (unpaired) electrons. The van der Waals surface area contributed by atoms with Crippen molar-refractivity contribution in [2.24, 2.45) is 11.3 Å². The molecule has 0 unspecified atom stereocenters. The number of amides is 2. The fraction of sp³-hybridized carbons (Fsp3) is 0.455. The number of benzene rings is 1. The van der Waals surface area contributed by atoms with Crippen LogP contribution in [0.4, 0.5) is 0 Å². The smallest absolute Gasteiger partial charge is 0.317 e. The zero-order valence-corrected chi connectivity index (χ0v) is 16.2. The molecule has 7 heteroatoms. The fourth-order valence-corrected chi connectivity index (χ4v) is 4.07. The summed E-state index contributed by atoms with van der Waals surface area (Å²) < 4.78 is 0.645. The molecule has 1 aromatic carbocycles. The molecule has 2 N–H and O–H groups in total. The molecule has 2 aliphatic carbocycles. The minimum atomic E-state index is -0.467. The molecule has 2 aliphatic rings. The topological polar surface area (TPSA) is 109 Å². The molecule has 2 fully saturated rings. The van der Waals surface area contributed by atoms with Crippen LogP contribution in [0.25, 0.3) is 10.9 Å². The first-order valence-corrected chi connectivity index (χ1v) is 10.1. The Morgan fingerprint density at radius 1 is 1.17 bits per heavy atom. The maximum absolute atomic E-state index is 12.8. The average molecular weight is 392 g/mol. The van der Waals surface area contributed by atoms with Crippen LogP contribution >= 0.6 is 0 Å². The van der Waals surface area contributed by atoms with Gasteiger partial charge in [-0.3, -0.25) is 9.59 Å². The van der Waals surface area contributed by atoms with Gasteiger partial charge < -0.3 is 15.8 Å². The van der Waals surface area contributed by atoms with Crippen molar-refractivity contribution in [1.82, 2.24) is 10.6 Å². The van der Waals surface area contributed by atoms with Gasteiger partial charge in [-0.1, -0.05) is 25.0 Å². The molecule has 0 saturated heterocycles. The van der Waals surface area contributed by atoms with Crippen molar-refractivity contribution in [3.05, 3.63) is 47.3 Å². The highest BCUT2D eigenvalue weighted by Crippen LogP contribution is 2.44. The van der Waals surface area contributed by atoms with Crippen LogP contribution in [0, 0.1) is 27.9 Å². The second-order valence-corrected chi connectivity index (χ2v) is 8.15. The number of para-hydroxylation sites is 1. The van der Waals surface area contributed by atoms with Crippen LogP contribution < -0.4 is 15.4 Å². The summed E-state index contributed by atoms with van der Waals surface area (Å²) in [5, 5.41) is 28.4. The Balaban J connectivity index is 1.46. The Morgan fingerprint density at radius 3 is 2.69 bits per heavy atom. The molecule has 7 nitrogen and oxygen atoms in total. The summed E-state index contributed by atoms with van der Waals surface area (Å²) in [6.07, 6.45) is 4.86. The predicted molar refractivity (Wildman–Crippen MR) is 106 cm³/mol. The molecule has 0 spiro atoms. The van der Waals surface area contributed by atoms with E-state index in [0.29, 0.717) is 29.6 Å². The van der Waals surface area contributed by atoms with Gasteiger partial charge in [0.2, 0.25) is 11.4 Å². The molecule has 0 bridgehead atoms. The molecule has 2 aromatic rings. The van der Waals surface area contributed by atoms with E-state index >= 15 is 0 Å². The maximum atomic E-state index is 12.8. The lowest BCUT2D eigenvalue weighted by atomic mass is 9.83. The van der Waals surface area contributed by atoms with E-state index < -0.39 is 11.3 Å². The Bertz CT molecular complexity index is 993. The third kappa shape index (κ3) is 3.88. The third-order valence-electron chi connectivity index (χ3n) is 6.14. The number of aromatic nitrogens is 1. The maximum Gasteiger partial charge on any atom is 0.317 e. The first-order chi connectivity index (χ1) is 14.0. The van der Waals surface area contributed by atoms with E-state index in [2.05, 4.69) is 16.7 Å². The van der Waals surface area contributed by atoms with Gasteiger partial charge in [-0.2, -0.15) is 9.99 Å². The van der Waals surface area contributed by atoms with Crippen LogP contribution in [0.5, 0.6) is 0 Å². The molecule has 150 valence electrons. The summed E-state index contributed by atoms with van der Waals surface area (Å²) in [5.74, 6) is -0.932. The van der Waals surface area contributed by atoms with E-state index in [1.807, 2.05) is 12.1 Å². The van der Waals surface area contributed by atoms with Crippen LogP contribution in [-0.4, -0.2) is 24.4 Å². The number of nitrogens with one attached hydrogen (secondary N) is 2. The van der Waals surface area contributed by atoms with Gasteiger partial charge in [0.1, 0.15) is 0 Å². The fourth-order valence-electron chi connectivity index (χ4n) is 4.07. The number of carbonyl (C=O) groups excluding carboxylic acids is 2. The van der Waals surface area contributed by atoms with Gasteiger partial charge in [0.05, 0.1) is 17.4 Å². The summed E-state index contributed by atoms with van der Waals surface area (Å²) in [6.45, 7) is 0.366. The van der Waals surface area contributed by atoms with E-state index in [1.165, 1.54) is 6.07 Å². The van der Waals surface area contributed by atoms with Crippen molar-refractivity contribution in [2.45, 2.75) is 44.6 Å². The summed E-state index contributed by atoms with van der Waals surface area (Å²) in [6, 6.07) is 12.3. The number of hydrogen-bond donors (Lipinski definition) is 2. The van der Waals surface area contributed by atoms with Crippen LogP contribution in [0.2, 0.25) is 0 Å². The van der Waals surface area contributed by atoms with Crippen molar-refractivity contribution < 1.29 is 14.3 Å². The lowest BCUT2D eigenvalue weighted by molar-refractivity contribution is -0.579. The predicted octanol–water partition coefficient (Wildman–Crippen LogP) is 2.18. The Morgan fingerprint density at radius 2 is 1.93 bits per heavy atom. The molecular weight excluding hydrogens is 368 g/mol. The van der Waals surface area contributed by atoms with E-state index in [4.69, 9.17) is 0 Å². The van der Waals surface area contributed by atoms with Crippen LogP contribution in [0.1, 0.15) is 49.0 Å². The zero-order chi connectivity index (χ0) is 20.4. The molecule has 1 aromatic heterocycles. The zero-order valence-electron chi connectivity index (χ0n) is 16.2. The number of nitriles is 1. The number of pyridine rings is 1. The van der Waals surface area contributed by atoms with E-state index in [9.17, 15) is 20.1 Å². The van der Waals surface area contributed by atoms with Crippen molar-refractivity contribution >= 4 is 22.7 Å². The first kappa shape index (κ1) is 19.2. The van der Waals surface area contributed by atoms with Gasteiger partial charge in [-0.25, -0.2) is 0 Å². The van der Waals surface area contributed by atoms with Gasteiger partial charge >= 0.3 is 5.91 Å². The highest BCUT2D eigenvalue weighted by Gasteiger charge is 2.44. The van der Waals surface area contributed by atoms with Crippen molar-refractivity contribution in [1.29, 1.82) is 5.26 Å². The molecule has 29 heavy (non-hydrogen) atoms. The van der Waals surface area contributed by atoms with E-state index in [0.717, 1.165) is 31.1 Å². The SMILES string of the molecule is N#CC1(CNC(=O)[C@@H]2CCCC[C@@H]2NC(=O)c2ccc3ccccc3[n+]2[O-])CC1. The molecule has 2 saturated carbocycles. The standard InChI is InChI=1S/C22H24N4O3/c23-13-22(11-12-22)14-24-20(27)16-6-2-3-7-17(16)25-21(28)19-10-9-15-5-1-4-8-18(15)26(19)29/h1,4-5,8-10,16-17H,2-3,6-7,11-12,14H2,(H,24,27)(H,25,28)/t16-,17+/m1/s1. The average Bonchev–Trinajstić information content (AvgIpc) is 3.53. The van der Waals surface area contributed by atoms with Gasteiger partial charge in [-0.15, -0.1) is 0 Å². The summed E-state index contributed by atoms with van der Waals surface area (Å²) in [7, 11) is 0. The number of nitrogens with zero attached hydrogens (tertiary/aromatic N) is 2. The summed E-state index contributed by atoms with van der Waals surface area (Å²) in [5.41, 5.74) is 0.0570. The Kier molecular flexibility index (Phi) is 5.10. The lowest BCUT2D eigenvalue weighted by Gasteiger charge is -2.31. The van der Waals surface area contributed by atoms with Crippen molar-refractivity contribution in [3.63, 3.8) is 0 Å².